The first-order valence-electron chi connectivity index (χ1n) is 8.62. The zero-order valence-corrected chi connectivity index (χ0v) is 14.3. The summed E-state index contributed by atoms with van der Waals surface area (Å²) < 4.78 is 5.97. The Hall–Kier alpha value is -3.33. The third-order valence-corrected chi connectivity index (χ3v) is 4.65. The van der Waals surface area contributed by atoms with Crippen molar-refractivity contribution in [1.82, 2.24) is 0 Å². The topological polar surface area (TPSA) is 29.5 Å². The highest BCUT2D eigenvalue weighted by molar-refractivity contribution is 6.03. The van der Waals surface area contributed by atoms with Gasteiger partial charge in [-0.25, -0.2) is 0 Å². The molecule has 1 unspecified atom stereocenters. The third-order valence-electron chi connectivity index (χ3n) is 4.65. The van der Waals surface area contributed by atoms with E-state index in [1.54, 1.807) is 4.90 Å². The Morgan fingerprint density at radius 3 is 2.50 bits per heavy atom. The smallest absolute Gasteiger partial charge is 0.250 e. The number of ether oxygens (including phenoxy) is 1. The average molecular weight is 341 g/mol. The van der Waals surface area contributed by atoms with Crippen LogP contribution in [0.3, 0.4) is 0 Å². The monoisotopic (exact) mass is 341 g/mol. The number of nitrogens with zero attached hydrogens (tertiary/aromatic N) is 1. The number of fused-ring (bicyclic) bond motifs is 1. The first-order chi connectivity index (χ1) is 12.8. The van der Waals surface area contributed by atoms with Gasteiger partial charge < -0.3 is 9.64 Å². The van der Waals surface area contributed by atoms with Crippen molar-refractivity contribution in [2.45, 2.75) is 5.92 Å². The van der Waals surface area contributed by atoms with Gasteiger partial charge in [-0.05, 0) is 47.5 Å². The van der Waals surface area contributed by atoms with E-state index in [4.69, 9.17) is 4.74 Å². The van der Waals surface area contributed by atoms with Gasteiger partial charge in [-0.1, -0.05) is 55.1 Å². The number of amides is 1. The van der Waals surface area contributed by atoms with E-state index in [0.717, 1.165) is 28.3 Å². The van der Waals surface area contributed by atoms with Crippen LogP contribution in [-0.4, -0.2) is 12.5 Å². The maximum Gasteiger partial charge on any atom is 0.250 e. The summed E-state index contributed by atoms with van der Waals surface area (Å²) in [4.78, 5) is 14.0. The van der Waals surface area contributed by atoms with E-state index in [-0.39, 0.29) is 11.8 Å². The van der Waals surface area contributed by atoms with Gasteiger partial charge in [0.2, 0.25) is 5.91 Å². The number of rotatable bonds is 4. The molecule has 4 rings (SSSR count). The minimum atomic E-state index is -0.0726. The van der Waals surface area contributed by atoms with Crippen molar-refractivity contribution in [3.63, 3.8) is 0 Å². The number of hydrogen-bond donors (Lipinski definition) is 0. The van der Waals surface area contributed by atoms with Gasteiger partial charge in [-0.3, -0.25) is 4.79 Å². The fourth-order valence-corrected chi connectivity index (χ4v) is 3.43. The first-order valence-corrected chi connectivity index (χ1v) is 8.62. The summed E-state index contributed by atoms with van der Waals surface area (Å²) in [6.45, 7) is 4.24. The molecule has 128 valence electrons. The number of hydrogen-bond acceptors (Lipinski definition) is 2. The Morgan fingerprint density at radius 2 is 1.69 bits per heavy atom. The van der Waals surface area contributed by atoms with Crippen LogP contribution < -0.4 is 9.64 Å². The van der Waals surface area contributed by atoms with E-state index in [1.165, 1.54) is 6.08 Å². The SMILES string of the molecule is C=CC(=O)N1CC(c2cccc(Oc3ccccc3)c2)c2ccccc21. The molecule has 0 spiro atoms. The molecule has 0 bridgehead atoms. The molecule has 0 saturated heterocycles. The molecule has 0 fully saturated rings. The highest BCUT2D eigenvalue weighted by atomic mass is 16.5. The third kappa shape index (κ3) is 3.00. The van der Waals surface area contributed by atoms with Gasteiger partial charge in [0.05, 0.1) is 0 Å². The Morgan fingerprint density at radius 1 is 0.962 bits per heavy atom. The predicted molar refractivity (Wildman–Crippen MR) is 104 cm³/mol. The second-order valence-electron chi connectivity index (χ2n) is 6.25. The maximum absolute atomic E-state index is 12.2. The molecule has 0 saturated carbocycles. The van der Waals surface area contributed by atoms with Gasteiger partial charge in [0.1, 0.15) is 11.5 Å². The Bertz CT molecular complexity index is 949. The van der Waals surface area contributed by atoms with Gasteiger partial charge in [-0.2, -0.15) is 0 Å². The van der Waals surface area contributed by atoms with Crippen molar-refractivity contribution in [1.29, 1.82) is 0 Å². The summed E-state index contributed by atoms with van der Waals surface area (Å²) in [6, 6.07) is 25.8. The van der Waals surface area contributed by atoms with Crippen LogP contribution in [0.5, 0.6) is 11.5 Å². The molecule has 0 aromatic heterocycles. The Labute approximate surface area is 153 Å². The van der Waals surface area contributed by atoms with E-state index in [0.29, 0.717) is 6.54 Å². The van der Waals surface area contributed by atoms with Gasteiger partial charge in [0.15, 0.2) is 0 Å². The number of para-hydroxylation sites is 2. The molecular formula is C23H19NO2. The Kier molecular flexibility index (Phi) is 4.28. The van der Waals surface area contributed by atoms with Gasteiger partial charge >= 0.3 is 0 Å². The molecule has 26 heavy (non-hydrogen) atoms. The van der Waals surface area contributed by atoms with Crippen LogP contribution in [0.4, 0.5) is 5.69 Å². The fraction of sp³-hybridized carbons (Fsp3) is 0.0870. The van der Waals surface area contributed by atoms with Crippen molar-refractivity contribution in [3.8, 4) is 11.5 Å². The van der Waals surface area contributed by atoms with Crippen molar-refractivity contribution in [2.75, 3.05) is 11.4 Å². The largest absolute Gasteiger partial charge is 0.457 e. The van der Waals surface area contributed by atoms with Crippen LogP contribution in [0.1, 0.15) is 17.0 Å². The van der Waals surface area contributed by atoms with Gasteiger partial charge in [0.25, 0.3) is 0 Å². The normalized spacial score (nSPS) is 15.4. The van der Waals surface area contributed by atoms with Crippen LogP contribution in [0.2, 0.25) is 0 Å². The molecule has 0 aliphatic carbocycles. The van der Waals surface area contributed by atoms with Crippen LogP contribution in [0.15, 0.2) is 91.5 Å². The molecule has 1 atom stereocenters. The summed E-state index contributed by atoms with van der Waals surface area (Å²) in [5, 5.41) is 0. The van der Waals surface area contributed by atoms with Crippen LogP contribution in [-0.2, 0) is 4.79 Å². The average Bonchev–Trinajstić information content (AvgIpc) is 3.08. The minimum Gasteiger partial charge on any atom is -0.457 e. The van der Waals surface area contributed by atoms with Gasteiger partial charge in [-0.15, -0.1) is 0 Å². The van der Waals surface area contributed by atoms with Crippen molar-refractivity contribution < 1.29 is 9.53 Å². The molecule has 3 aromatic carbocycles. The second kappa shape index (κ2) is 6.89. The fourth-order valence-electron chi connectivity index (χ4n) is 3.43. The lowest BCUT2D eigenvalue weighted by molar-refractivity contribution is -0.114. The van der Waals surface area contributed by atoms with E-state index in [9.17, 15) is 4.79 Å². The highest BCUT2D eigenvalue weighted by Gasteiger charge is 2.32. The summed E-state index contributed by atoms with van der Waals surface area (Å²) in [5.74, 6) is 1.64. The lowest BCUT2D eigenvalue weighted by Crippen LogP contribution is -2.27. The van der Waals surface area contributed by atoms with Crippen LogP contribution >= 0.6 is 0 Å². The summed E-state index contributed by atoms with van der Waals surface area (Å²) in [6.07, 6.45) is 1.37. The second-order valence-corrected chi connectivity index (χ2v) is 6.25. The molecule has 3 nitrogen and oxygen atoms in total. The van der Waals surface area contributed by atoms with Crippen LogP contribution in [0, 0.1) is 0 Å². The molecule has 1 amide bonds. The lowest BCUT2D eigenvalue weighted by Gasteiger charge is -2.16. The molecule has 1 heterocycles. The van der Waals surface area contributed by atoms with Crippen molar-refractivity contribution in [3.05, 3.63) is 103 Å². The lowest BCUT2D eigenvalue weighted by atomic mass is 9.93. The Balaban J connectivity index is 1.67. The molecule has 3 aromatic rings. The zero-order valence-electron chi connectivity index (χ0n) is 14.3. The number of anilines is 1. The van der Waals surface area contributed by atoms with Gasteiger partial charge in [0, 0.05) is 18.2 Å². The molecule has 3 heteroatoms. The summed E-state index contributed by atoms with van der Waals surface area (Å²) in [5.41, 5.74) is 3.24. The van der Waals surface area contributed by atoms with E-state index >= 15 is 0 Å². The predicted octanol–water partition coefficient (Wildman–Crippen LogP) is 5.14. The first kappa shape index (κ1) is 16.2. The highest BCUT2D eigenvalue weighted by Crippen LogP contribution is 2.41. The molecule has 1 aliphatic heterocycles. The molecule has 0 radical (unpaired) electrons. The zero-order chi connectivity index (χ0) is 17.9. The van der Waals surface area contributed by atoms with E-state index in [2.05, 4.69) is 24.8 Å². The van der Waals surface area contributed by atoms with Crippen molar-refractivity contribution in [2.24, 2.45) is 0 Å². The van der Waals surface area contributed by atoms with E-state index in [1.807, 2.05) is 60.7 Å². The quantitative estimate of drug-likeness (QED) is 0.615. The summed E-state index contributed by atoms with van der Waals surface area (Å²) >= 11 is 0. The number of carbonyl (C=O) groups is 1. The van der Waals surface area contributed by atoms with E-state index < -0.39 is 0 Å². The standard InChI is InChI=1S/C23H19NO2/c1-2-23(25)24-16-21(20-13-6-7-14-22(20)24)17-9-8-12-19(15-17)26-18-10-4-3-5-11-18/h2-15,21H,1,16H2. The number of carbonyl (C=O) groups excluding carboxylic acids is 1. The van der Waals surface area contributed by atoms with Crippen LogP contribution in [0.25, 0.3) is 0 Å². The molecule has 0 N–H and O–H groups in total. The number of benzene rings is 3. The maximum atomic E-state index is 12.2. The molecule has 1 aliphatic rings. The summed E-state index contributed by atoms with van der Waals surface area (Å²) in [7, 11) is 0. The van der Waals surface area contributed by atoms with Crippen molar-refractivity contribution >= 4 is 11.6 Å². The molecular weight excluding hydrogens is 322 g/mol. The minimum absolute atomic E-state index is 0.0726.